The van der Waals surface area contributed by atoms with Gasteiger partial charge in [-0.15, -0.1) is 0 Å². The Hall–Kier alpha value is -2.46. The zero-order chi connectivity index (χ0) is 22.6. The van der Waals surface area contributed by atoms with Crippen LogP contribution < -0.4 is 18.5 Å². The first-order valence-corrected chi connectivity index (χ1v) is 13.3. The van der Waals surface area contributed by atoms with Crippen LogP contribution in [-0.4, -0.2) is 43.4 Å². The molecule has 1 aliphatic heterocycles. The normalized spacial score (nSPS) is 14.1. The largest absolute Gasteiger partial charge is 0.493 e. The molecule has 0 saturated heterocycles. The molecule has 0 radical (unpaired) electrons. The quantitative estimate of drug-likeness (QED) is 0.607. The smallest absolute Gasteiger partial charge is 0.236 e. The van der Waals surface area contributed by atoms with Gasteiger partial charge in [0.05, 0.1) is 31.4 Å². The number of hydrogen-bond acceptors (Lipinski definition) is 6. The second-order valence-corrected chi connectivity index (χ2v) is 11.1. The van der Waals surface area contributed by atoms with Crippen LogP contribution in [0.4, 0.5) is 11.4 Å². The lowest BCUT2D eigenvalue weighted by molar-refractivity contribution is 0.354. The van der Waals surface area contributed by atoms with Crippen molar-refractivity contribution in [2.24, 2.45) is 0 Å². The van der Waals surface area contributed by atoms with Crippen LogP contribution in [0.15, 0.2) is 36.4 Å². The summed E-state index contributed by atoms with van der Waals surface area (Å²) in [5.41, 5.74) is 2.41. The molecule has 1 heterocycles. The topological polar surface area (TPSA) is 102 Å². The van der Waals surface area contributed by atoms with Crippen molar-refractivity contribution in [1.29, 1.82) is 0 Å². The monoisotopic (exact) mass is 468 g/mol. The van der Waals surface area contributed by atoms with E-state index in [0.29, 0.717) is 54.2 Å². The third kappa shape index (κ3) is 5.43. The fourth-order valence-corrected chi connectivity index (χ4v) is 6.49. The Balaban J connectivity index is 1.80. The second kappa shape index (κ2) is 9.35. The Morgan fingerprint density at radius 1 is 1.00 bits per heavy atom. The van der Waals surface area contributed by atoms with Crippen molar-refractivity contribution in [2.45, 2.75) is 31.9 Å². The van der Waals surface area contributed by atoms with Crippen LogP contribution in [-0.2, 0) is 32.2 Å². The summed E-state index contributed by atoms with van der Waals surface area (Å²) >= 11 is 0. The second-order valence-electron chi connectivity index (χ2n) is 7.39. The van der Waals surface area contributed by atoms with Gasteiger partial charge in [0, 0.05) is 12.2 Å². The maximum atomic E-state index is 12.7. The molecule has 0 aromatic heterocycles. The first kappa shape index (κ1) is 23.2. The number of methoxy groups -OCH3 is 2. The van der Waals surface area contributed by atoms with Gasteiger partial charge in [-0.3, -0.25) is 9.03 Å². The first-order valence-electron chi connectivity index (χ1n) is 10.0. The molecule has 3 rings (SSSR count). The van der Waals surface area contributed by atoms with Crippen LogP contribution in [0.5, 0.6) is 11.5 Å². The molecule has 0 bridgehead atoms. The molecule has 0 saturated carbocycles. The summed E-state index contributed by atoms with van der Waals surface area (Å²) in [5.74, 6) is 0.833. The van der Waals surface area contributed by atoms with E-state index in [1.807, 2.05) is 6.92 Å². The highest BCUT2D eigenvalue weighted by molar-refractivity contribution is 7.92. The summed E-state index contributed by atoms with van der Waals surface area (Å²) in [6.45, 7) is 2.28. The van der Waals surface area contributed by atoms with Crippen molar-refractivity contribution in [2.75, 3.05) is 35.5 Å². The maximum absolute atomic E-state index is 12.7. The van der Waals surface area contributed by atoms with Crippen molar-refractivity contribution in [3.8, 4) is 11.5 Å². The van der Waals surface area contributed by atoms with Gasteiger partial charge in [-0.05, 0) is 60.7 Å². The molecule has 2 aromatic rings. The number of nitrogens with one attached hydrogen (secondary N) is 1. The Bertz CT molecular complexity index is 1150. The highest BCUT2D eigenvalue weighted by Gasteiger charge is 2.27. The molecule has 31 heavy (non-hydrogen) atoms. The van der Waals surface area contributed by atoms with Crippen LogP contribution in [0, 0.1) is 0 Å². The van der Waals surface area contributed by atoms with E-state index in [0.717, 1.165) is 5.56 Å². The summed E-state index contributed by atoms with van der Waals surface area (Å²) in [7, 11) is -4.06. The number of nitrogens with zero attached hydrogens (tertiary/aromatic N) is 1. The average molecular weight is 469 g/mol. The molecular weight excluding hydrogens is 440 g/mol. The van der Waals surface area contributed by atoms with E-state index in [1.165, 1.54) is 18.5 Å². The van der Waals surface area contributed by atoms with Crippen LogP contribution in [0.1, 0.15) is 30.9 Å². The lowest BCUT2D eigenvalue weighted by atomic mass is 10.0. The minimum absolute atomic E-state index is 0.0894. The zero-order valence-corrected chi connectivity index (χ0v) is 19.6. The fourth-order valence-electron chi connectivity index (χ4n) is 3.69. The Morgan fingerprint density at radius 2 is 1.74 bits per heavy atom. The van der Waals surface area contributed by atoms with E-state index >= 15 is 0 Å². The van der Waals surface area contributed by atoms with E-state index < -0.39 is 20.0 Å². The number of anilines is 2. The summed E-state index contributed by atoms with van der Waals surface area (Å²) in [6.07, 6.45) is 1.93. The predicted molar refractivity (Wildman–Crippen MR) is 122 cm³/mol. The van der Waals surface area contributed by atoms with Crippen molar-refractivity contribution in [1.82, 2.24) is 0 Å². The van der Waals surface area contributed by atoms with E-state index in [2.05, 4.69) is 4.72 Å². The predicted octanol–water partition coefficient (Wildman–Crippen LogP) is 3.14. The molecule has 170 valence electrons. The van der Waals surface area contributed by atoms with Crippen LogP contribution in [0.3, 0.4) is 0 Å². The van der Waals surface area contributed by atoms with Crippen molar-refractivity contribution < 1.29 is 26.3 Å². The summed E-state index contributed by atoms with van der Waals surface area (Å²) < 4.78 is 65.0. The van der Waals surface area contributed by atoms with Crippen molar-refractivity contribution in [3.05, 3.63) is 47.5 Å². The van der Waals surface area contributed by atoms with Crippen molar-refractivity contribution >= 4 is 31.4 Å². The minimum atomic E-state index is -3.69. The molecule has 1 aliphatic rings. The molecule has 10 heteroatoms. The molecule has 0 atom stereocenters. The van der Waals surface area contributed by atoms with Crippen LogP contribution >= 0.6 is 0 Å². The Kier molecular flexibility index (Phi) is 7.00. The third-order valence-corrected chi connectivity index (χ3v) is 8.27. The minimum Gasteiger partial charge on any atom is -0.493 e. The third-order valence-electron chi connectivity index (χ3n) is 5.03. The number of fused-ring (bicyclic) bond motifs is 1. The molecule has 0 amide bonds. The standard InChI is InChI=1S/C21H28N2O6S2/c1-4-12-31(26,27)23-11-5-6-17-14-18(8-9-19(17)23)22-30(24,25)15-16-7-10-20(28-2)21(13-16)29-3/h7-10,13-14,22H,4-6,11-12,15H2,1-3H3. The molecule has 0 spiro atoms. The van der Waals surface area contributed by atoms with E-state index in [1.54, 1.807) is 36.4 Å². The van der Waals surface area contributed by atoms with Gasteiger partial charge in [-0.25, -0.2) is 16.8 Å². The van der Waals surface area contributed by atoms with Gasteiger partial charge in [0.1, 0.15) is 0 Å². The maximum Gasteiger partial charge on any atom is 0.236 e. The summed E-state index contributed by atoms with van der Waals surface area (Å²) in [4.78, 5) is 0. The van der Waals surface area contributed by atoms with Crippen molar-refractivity contribution in [3.63, 3.8) is 0 Å². The summed E-state index contributed by atoms with van der Waals surface area (Å²) in [5, 5.41) is 0. The van der Waals surface area contributed by atoms with Gasteiger partial charge in [0.15, 0.2) is 11.5 Å². The lowest BCUT2D eigenvalue weighted by Crippen LogP contribution is -2.37. The van der Waals surface area contributed by atoms with Crippen LogP contribution in [0.25, 0.3) is 0 Å². The Morgan fingerprint density at radius 3 is 2.42 bits per heavy atom. The van der Waals surface area contributed by atoms with Gasteiger partial charge in [-0.1, -0.05) is 13.0 Å². The van der Waals surface area contributed by atoms with Gasteiger partial charge in [-0.2, -0.15) is 0 Å². The molecule has 0 aliphatic carbocycles. The highest BCUT2D eigenvalue weighted by Crippen LogP contribution is 2.33. The fraction of sp³-hybridized carbons (Fsp3) is 0.429. The highest BCUT2D eigenvalue weighted by atomic mass is 32.2. The number of rotatable bonds is 9. The zero-order valence-electron chi connectivity index (χ0n) is 17.9. The SMILES string of the molecule is CCCS(=O)(=O)N1CCCc2cc(NS(=O)(=O)Cc3ccc(OC)c(OC)c3)ccc21. The molecule has 0 unspecified atom stereocenters. The number of sulfonamides is 2. The molecule has 2 aromatic carbocycles. The first-order chi connectivity index (χ1) is 14.7. The average Bonchev–Trinajstić information content (AvgIpc) is 2.72. The Labute approximate surface area is 184 Å². The number of hydrogen-bond donors (Lipinski definition) is 1. The van der Waals surface area contributed by atoms with Gasteiger partial charge >= 0.3 is 0 Å². The number of benzene rings is 2. The van der Waals surface area contributed by atoms with E-state index in [4.69, 9.17) is 9.47 Å². The molecular formula is C21H28N2O6S2. The van der Waals surface area contributed by atoms with Crippen LogP contribution in [0.2, 0.25) is 0 Å². The van der Waals surface area contributed by atoms with E-state index in [9.17, 15) is 16.8 Å². The lowest BCUT2D eigenvalue weighted by Gasteiger charge is -2.30. The number of aryl methyl sites for hydroxylation is 1. The summed E-state index contributed by atoms with van der Waals surface area (Å²) in [6, 6.07) is 9.95. The van der Waals surface area contributed by atoms with Gasteiger partial charge in [0.2, 0.25) is 20.0 Å². The number of ether oxygens (including phenoxy) is 2. The molecule has 0 fully saturated rings. The van der Waals surface area contributed by atoms with E-state index in [-0.39, 0.29) is 11.5 Å². The molecule has 1 N–H and O–H groups in total. The van der Waals surface area contributed by atoms with Gasteiger partial charge in [0.25, 0.3) is 0 Å². The van der Waals surface area contributed by atoms with Gasteiger partial charge < -0.3 is 9.47 Å². The molecule has 8 nitrogen and oxygen atoms in total.